The Kier molecular flexibility index (Phi) is 9.74. The Morgan fingerprint density at radius 2 is 0.842 bits per heavy atom. The highest BCUT2D eigenvalue weighted by atomic mass is 16.5. The largest absolute Gasteiger partial charge is 0.453 e. The number of ether oxygens (including phenoxy) is 2. The van der Waals surface area contributed by atoms with Gasteiger partial charge in [0.15, 0.2) is 0 Å². The highest BCUT2D eigenvalue weighted by Crippen LogP contribution is 2.40. The number of carbonyl (C=O) groups is 2. The Morgan fingerprint density at radius 3 is 1.21 bits per heavy atom. The van der Waals surface area contributed by atoms with Gasteiger partial charge in [-0.15, -0.1) is 0 Å². The van der Waals surface area contributed by atoms with E-state index >= 15 is 0 Å². The second kappa shape index (κ2) is 13.2. The quantitative estimate of drug-likeness (QED) is 0.501. The maximum Gasteiger partial charge on any atom is 0.409 e. The summed E-state index contributed by atoms with van der Waals surface area (Å²) in [6, 6.07) is 2.29. The molecule has 6 aliphatic rings. The minimum atomic E-state index is -0.114. The van der Waals surface area contributed by atoms with E-state index in [-0.39, 0.29) is 12.2 Å². The molecule has 0 radical (unpaired) electrons. The minimum absolute atomic E-state index is 0.114. The van der Waals surface area contributed by atoms with Gasteiger partial charge in [0.05, 0.1) is 14.2 Å². The summed E-state index contributed by atoms with van der Waals surface area (Å²) >= 11 is 0. The van der Waals surface area contributed by atoms with E-state index in [1.165, 1.54) is 117 Å². The molecule has 216 valence electrons. The van der Waals surface area contributed by atoms with Crippen LogP contribution in [0.15, 0.2) is 0 Å². The van der Waals surface area contributed by atoms with Crippen LogP contribution in [0.2, 0.25) is 0 Å². The molecule has 2 amide bonds. The van der Waals surface area contributed by atoms with E-state index < -0.39 is 0 Å². The van der Waals surface area contributed by atoms with Crippen molar-refractivity contribution in [2.24, 2.45) is 11.8 Å². The van der Waals surface area contributed by atoms with Crippen molar-refractivity contribution in [3.8, 4) is 0 Å². The van der Waals surface area contributed by atoms with Gasteiger partial charge in [0.2, 0.25) is 0 Å². The number of amides is 2. The van der Waals surface area contributed by atoms with Crippen LogP contribution in [-0.2, 0) is 9.47 Å². The fraction of sp³-hybridized carbons (Fsp3) is 0.933. The number of hydrogen-bond acceptors (Lipinski definition) is 6. The first kappa shape index (κ1) is 28.0. The van der Waals surface area contributed by atoms with Gasteiger partial charge in [-0.2, -0.15) is 0 Å². The van der Waals surface area contributed by atoms with Gasteiger partial charge in [0.1, 0.15) is 0 Å². The SMILES string of the molecule is COC(=O)N1CCC[C@@H]2[C@@H](N3CCCC3)CCC[C@@H]21.COC(=O)N1CCC[C@H]2[C@H](N3CCCC3)CCC[C@H]21. The third kappa shape index (κ3) is 5.96. The molecule has 0 spiro atoms. The third-order valence-electron chi connectivity index (χ3n) is 10.7. The van der Waals surface area contributed by atoms with Crippen LogP contribution in [0.4, 0.5) is 9.59 Å². The fourth-order valence-corrected chi connectivity index (χ4v) is 9.05. The van der Waals surface area contributed by atoms with E-state index in [4.69, 9.17) is 9.47 Å². The summed E-state index contributed by atoms with van der Waals surface area (Å²) in [6.45, 7) is 6.86. The number of carbonyl (C=O) groups excluding carboxylic acids is 2. The maximum absolute atomic E-state index is 11.9. The van der Waals surface area contributed by atoms with Gasteiger partial charge in [-0.05, 0) is 128 Å². The number of hydrogen-bond donors (Lipinski definition) is 0. The van der Waals surface area contributed by atoms with Gasteiger partial charge in [0.25, 0.3) is 0 Å². The Hall–Kier alpha value is -1.54. The van der Waals surface area contributed by atoms with Crippen LogP contribution < -0.4 is 0 Å². The number of likely N-dealkylation sites (tertiary alicyclic amines) is 4. The monoisotopic (exact) mass is 532 g/mol. The molecule has 4 saturated heterocycles. The van der Waals surface area contributed by atoms with Gasteiger partial charge < -0.3 is 29.1 Å². The molecule has 8 heteroatoms. The van der Waals surface area contributed by atoms with Gasteiger partial charge >= 0.3 is 12.2 Å². The minimum Gasteiger partial charge on any atom is -0.453 e. The molecule has 0 aromatic rings. The van der Waals surface area contributed by atoms with E-state index in [0.29, 0.717) is 36.0 Å². The second-order valence-electron chi connectivity index (χ2n) is 12.6. The van der Waals surface area contributed by atoms with Crippen molar-refractivity contribution >= 4 is 12.2 Å². The van der Waals surface area contributed by atoms with Crippen molar-refractivity contribution < 1.29 is 19.1 Å². The normalized spacial score (nSPS) is 36.1. The van der Waals surface area contributed by atoms with E-state index in [1.54, 1.807) is 0 Å². The zero-order valence-electron chi connectivity index (χ0n) is 24.0. The predicted molar refractivity (Wildman–Crippen MR) is 148 cm³/mol. The molecule has 6 atom stereocenters. The van der Waals surface area contributed by atoms with Crippen molar-refractivity contribution in [1.82, 2.24) is 19.6 Å². The van der Waals surface area contributed by atoms with Crippen LogP contribution >= 0.6 is 0 Å². The van der Waals surface area contributed by atoms with E-state index in [2.05, 4.69) is 9.80 Å². The zero-order valence-corrected chi connectivity index (χ0v) is 24.0. The number of methoxy groups -OCH3 is 2. The zero-order chi connectivity index (χ0) is 26.5. The molecule has 2 aliphatic carbocycles. The lowest BCUT2D eigenvalue weighted by molar-refractivity contribution is 0.00441. The molecule has 6 fully saturated rings. The highest BCUT2D eigenvalue weighted by Gasteiger charge is 2.44. The molecule has 4 aliphatic heterocycles. The molecular formula is C30H52N4O4. The van der Waals surface area contributed by atoms with E-state index in [9.17, 15) is 9.59 Å². The average molecular weight is 533 g/mol. The number of fused-ring (bicyclic) bond motifs is 2. The smallest absolute Gasteiger partial charge is 0.409 e. The highest BCUT2D eigenvalue weighted by molar-refractivity contribution is 5.68. The maximum atomic E-state index is 11.9. The molecule has 8 nitrogen and oxygen atoms in total. The fourth-order valence-electron chi connectivity index (χ4n) is 9.05. The van der Waals surface area contributed by atoms with Crippen LogP contribution in [0, 0.1) is 11.8 Å². The summed E-state index contributed by atoms with van der Waals surface area (Å²) in [7, 11) is 3.01. The molecule has 38 heavy (non-hydrogen) atoms. The molecule has 2 saturated carbocycles. The number of nitrogens with zero attached hydrogens (tertiary/aromatic N) is 4. The van der Waals surface area contributed by atoms with Crippen molar-refractivity contribution in [1.29, 1.82) is 0 Å². The van der Waals surface area contributed by atoms with Crippen molar-refractivity contribution in [3.63, 3.8) is 0 Å². The topological polar surface area (TPSA) is 65.6 Å². The summed E-state index contributed by atoms with van der Waals surface area (Å²) in [5.74, 6) is 1.36. The Morgan fingerprint density at radius 1 is 0.474 bits per heavy atom. The molecule has 0 unspecified atom stereocenters. The summed E-state index contributed by atoms with van der Waals surface area (Å²) < 4.78 is 9.95. The first-order valence-electron chi connectivity index (χ1n) is 15.8. The first-order chi connectivity index (χ1) is 18.6. The Bertz CT molecular complexity index is 720. The second-order valence-corrected chi connectivity index (χ2v) is 12.6. The average Bonchev–Trinajstić information content (AvgIpc) is 3.71. The molecule has 0 N–H and O–H groups in total. The molecule has 0 aromatic carbocycles. The van der Waals surface area contributed by atoms with Crippen LogP contribution in [0.3, 0.4) is 0 Å². The summed E-state index contributed by atoms with van der Waals surface area (Å²) in [5, 5.41) is 0. The van der Waals surface area contributed by atoms with Gasteiger partial charge in [-0.25, -0.2) is 9.59 Å². The van der Waals surface area contributed by atoms with Crippen molar-refractivity contribution in [3.05, 3.63) is 0 Å². The predicted octanol–water partition coefficient (Wildman–Crippen LogP) is 4.96. The summed E-state index contributed by atoms with van der Waals surface area (Å²) in [5.41, 5.74) is 0. The standard InChI is InChI=1S/2C15H26N2O2/c2*1-19-15(18)17-11-5-6-12-13(7-4-8-14(12)17)16-9-2-3-10-16/h2*12-14H,2-11H2,1H3/t2*12-,13+,14+/m10/s1. The lowest BCUT2D eigenvalue weighted by Crippen LogP contribution is -2.56. The molecule has 0 aromatic heterocycles. The van der Waals surface area contributed by atoms with E-state index in [1.807, 2.05) is 9.80 Å². The van der Waals surface area contributed by atoms with E-state index in [0.717, 1.165) is 25.9 Å². The Labute approximate surface area is 230 Å². The number of rotatable bonds is 2. The Balaban J connectivity index is 0.000000155. The van der Waals surface area contributed by atoms with Crippen molar-refractivity contribution in [2.45, 2.75) is 114 Å². The van der Waals surface area contributed by atoms with Gasteiger partial charge in [-0.3, -0.25) is 0 Å². The summed E-state index contributed by atoms with van der Waals surface area (Å²) in [4.78, 5) is 33.3. The third-order valence-corrected chi connectivity index (χ3v) is 10.7. The van der Waals surface area contributed by atoms with Gasteiger partial charge in [-0.1, -0.05) is 0 Å². The summed E-state index contributed by atoms with van der Waals surface area (Å²) in [6.07, 6.45) is 17.6. The lowest BCUT2D eigenvalue weighted by atomic mass is 9.74. The van der Waals surface area contributed by atoms with Crippen LogP contribution in [0.25, 0.3) is 0 Å². The molecule has 0 bridgehead atoms. The van der Waals surface area contributed by atoms with Gasteiger partial charge in [0, 0.05) is 37.3 Å². The van der Waals surface area contributed by atoms with Crippen LogP contribution in [0.5, 0.6) is 0 Å². The first-order valence-corrected chi connectivity index (χ1v) is 15.8. The lowest BCUT2D eigenvalue weighted by Gasteiger charge is -2.49. The molecule has 6 rings (SSSR count). The van der Waals surface area contributed by atoms with Crippen LogP contribution in [-0.4, -0.2) is 109 Å². The van der Waals surface area contributed by atoms with Crippen molar-refractivity contribution in [2.75, 3.05) is 53.5 Å². The molecule has 4 heterocycles. The number of piperidine rings is 2. The molecular weight excluding hydrogens is 480 g/mol. The van der Waals surface area contributed by atoms with Crippen LogP contribution in [0.1, 0.15) is 89.9 Å².